The Morgan fingerprint density at radius 1 is 1.41 bits per heavy atom. The molecule has 5 heteroatoms. The van der Waals surface area contributed by atoms with E-state index < -0.39 is 0 Å². The molecule has 0 heterocycles. The third-order valence-corrected chi connectivity index (χ3v) is 2.50. The van der Waals surface area contributed by atoms with Crippen molar-refractivity contribution in [2.45, 2.75) is 0 Å². The van der Waals surface area contributed by atoms with Crippen LogP contribution in [-0.2, 0) is 4.74 Å². The van der Waals surface area contributed by atoms with Crippen molar-refractivity contribution in [2.24, 2.45) is 0 Å². The molecule has 0 saturated carbocycles. The third kappa shape index (κ3) is 5.01. The number of benzene rings is 1. The number of nitrogens with one attached hydrogen (secondary N) is 1. The Hall–Kier alpha value is -1.33. The zero-order valence-corrected chi connectivity index (χ0v) is 10.4. The average Bonchev–Trinajstić information content (AvgIpc) is 2.31. The second kappa shape index (κ2) is 7.09. The van der Waals surface area contributed by atoms with Crippen molar-refractivity contribution in [3.05, 3.63) is 24.0 Å². The van der Waals surface area contributed by atoms with Crippen LogP contribution in [-0.4, -0.2) is 45.3 Å². The van der Waals surface area contributed by atoms with E-state index in [1.807, 2.05) is 7.05 Å². The summed E-state index contributed by atoms with van der Waals surface area (Å²) in [5.41, 5.74) is 6.93. The lowest BCUT2D eigenvalue weighted by molar-refractivity contribution is 0.163. The first-order valence-corrected chi connectivity index (χ1v) is 5.60. The molecule has 1 aromatic rings. The van der Waals surface area contributed by atoms with Gasteiger partial charge >= 0.3 is 0 Å². The van der Waals surface area contributed by atoms with Gasteiger partial charge in [-0.3, -0.25) is 0 Å². The summed E-state index contributed by atoms with van der Waals surface area (Å²) >= 11 is 0. The van der Waals surface area contributed by atoms with Crippen molar-refractivity contribution < 1.29 is 9.13 Å². The highest BCUT2D eigenvalue weighted by Crippen LogP contribution is 2.18. The SMILES string of the molecule is COCCN(C)CCNc1cc(F)ccc1N. The molecule has 0 fully saturated rings. The average molecular weight is 241 g/mol. The van der Waals surface area contributed by atoms with E-state index in [0.717, 1.165) is 13.1 Å². The summed E-state index contributed by atoms with van der Waals surface area (Å²) in [5, 5.41) is 3.11. The summed E-state index contributed by atoms with van der Waals surface area (Å²) < 4.78 is 18.0. The normalized spacial score (nSPS) is 10.8. The zero-order valence-electron chi connectivity index (χ0n) is 10.4. The van der Waals surface area contributed by atoms with E-state index in [-0.39, 0.29) is 5.82 Å². The summed E-state index contributed by atoms with van der Waals surface area (Å²) in [7, 11) is 3.69. The third-order valence-electron chi connectivity index (χ3n) is 2.50. The van der Waals surface area contributed by atoms with Gasteiger partial charge in [-0.25, -0.2) is 4.39 Å². The molecule has 0 aromatic heterocycles. The zero-order chi connectivity index (χ0) is 12.7. The standard InChI is InChI=1S/C12H20FN3O/c1-16(7-8-17-2)6-5-15-12-9-10(13)3-4-11(12)14/h3-4,9,15H,5-8,14H2,1-2H3. The molecule has 0 atom stereocenters. The predicted molar refractivity (Wildman–Crippen MR) is 68.7 cm³/mol. The second-order valence-electron chi connectivity index (χ2n) is 3.95. The maximum absolute atomic E-state index is 13.0. The van der Waals surface area contributed by atoms with Crippen LogP contribution in [0.2, 0.25) is 0 Å². The lowest BCUT2D eigenvalue weighted by Gasteiger charge is -2.17. The van der Waals surface area contributed by atoms with Crippen LogP contribution >= 0.6 is 0 Å². The number of likely N-dealkylation sites (N-methyl/N-ethyl adjacent to an activating group) is 1. The van der Waals surface area contributed by atoms with Crippen molar-refractivity contribution in [1.29, 1.82) is 0 Å². The minimum Gasteiger partial charge on any atom is -0.397 e. The highest BCUT2D eigenvalue weighted by molar-refractivity contribution is 5.65. The highest BCUT2D eigenvalue weighted by atomic mass is 19.1. The molecule has 0 unspecified atom stereocenters. The van der Waals surface area contributed by atoms with E-state index in [4.69, 9.17) is 10.5 Å². The quantitative estimate of drug-likeness (QED) is 0.708. The Morgan fingerprint density at radius 2 is 2.18 bits per heavy atom. The van der Waals surface area contributed by atoms with Crippen molar-refractivity contribution in [3.63, 3.8) is 0 Å². The van der Waals surface area contributed by atoms with Gasteiger partial charge in [-0.2, -0.15) is 0 Å². The molecule has 0 radical (unpaired) electrons. The van der Waals surface area contributed by atoms with Gasteiger partial charge in [-0.15, -0.1) is 0 Å². The maximum Gasteiger partial charge on any atom is 0.125 e. The second-order valence-corrected chi connectivity index (χ2v) is 3.95. The largest absolute Gasteiger partial charge is 0.397 e. The minimum atomic E-state index is -0.283. The van der Waals surface area contributed by atoms with Crippen LogP contribution in [0.15, 0.2) is 18.2 Å². The molecular weight excluding hydrogens is 221 g/mol. The fourth-order valence-electron chi connectivity index (χ4n) is 1.42. The number of nitrogens with two attached hydrogens (primary N) is 1. The number of nitrogen functional groups attached to an aromatic ring is 1. The van der Waals surface area contributed by atoms with Crippen molar-refractivity contribution >= 4 is 11.4 Å². The number of hydrogen-bond donors (Lipinski definition) is 2. The van der Waals surface area contributed by atoms with Crippen LogP contribution in [0.3, 0.4) is 0 Å². The Bertz CT molecular complexity index is 347. The fourth-order valence-corrected chi connectivity index (χ4v) is 1.42. The Labute approximate surface area is 102 Å². The number of anilines is 2. The first-order chi connectivity index (χ1) is 8.13. The van der Waals surface area contributed by atoms with Gasteiger partial charge in [0.2, 0.25) is 0 Å². The van der Waals surface area contributed by atoms with Crippen LogP contribution in [0.5, 0.6) is 0 Å². The molecule has 0 saturated heterocycles. The van der Waals surface area contributed by atoms with Gasteiger partial charge in [-0.1, -0.05) is 0 Å². The number of hydrogen-bond acceptors (Lipinski definition) is 4. The molecule has 0 amide bonds. The summed E-state index contributed by atoms with van der Waals surface area (Å²) in [6, 6.07) is 4.32. The first-order valence-electron chi connectivity index (χ1n) is 5.60. The molecule has 0 spiro atoms. The van der Waals surface area contributed by atoms with E-state index in [9.17, 15) is 4.39 Å². The van der Waals surface area contributed by atoms with Crippen molar-refractivity contribution in [1.82, 2.24) is 4.90 Å². The first kappa shape index (κ1) is 13.7. The molecule has 3 N–H and O–H groups in total. The smallest absolute Gasteiger partial charge is 0.125 e. The maximum atomic E-state index is 13.0. The summed E-state index contributed by atoms with van der Waals surface area (Å²) in [5.74, 6) is -0.283. The van der Waals surface area contributed by atoms with Crippen molar-refractivity contribution in [2.75, 3.05) is 51.4 Å². The molecule has 0 aliphatic heterocycles. The molecule has 0 bridgehead atoms. The van der Waals surface area contributed by atoms with Gasteiger partial charge < -0.3 is 20.7 Å². The molecule has 96 valence electrons. The van der Waals surface area contributed by atoms with Gasteiger partial charge in [0.1, 0.15) is 5.82 Å². The van der Waals surface area contributed by atoms with Crippen LogP contribution < -0.4 is 11.1 Å². The lowest BCUT2D eigenvalue weighted by atomic mass is 10.2. The Kier molecular flexibility index (Phi) is 5.72. The van der Waals surface area contributed by atoms with Gasteiger partial charge in [0.15, 0.2) is 0 Å². The number of halogens is 1. The Morgan fingerprint density at radius 3 is 2.88 bits per heavy atom. The predicted octanol–water partition coefficient (Wildman–Crippen LogP) is 1.40. The van der Waals surface area contributed by atoms with Crippen LogP contribution in [0, 0.1) is 5.82 Å². The highest BCUT2D eigenvalue weighted by Gasteiger charge is 2.01. The van der Waals surface area contributed by atoms with E-state index in [1.165, 1.54) is 12.1 Å². The van der Waals surface area contributed by atoms with Gasteiger partial charge in [0, 0.05) is 26.7 Å². The molecule has 1 aromatic carbocycles. The summed E-state index contributed by atoms with van der Waals surface area (Å²) in [6.45, 7) is 3.14. The van der Waals surface area contributed by atoms with E-state index in [1.54, 1.807) is 13.2 Å². The topological polar surface area (TPSA) is 50.5 Å². The molecule has 17 heavy (non-hydrogen) atoms. The number of nitrogens with zero attached hydrogens (tertiary/aromatic N) is 1. The van der Waals surface area contributed by atoms with Gasteiger partial charge in [0.05, 0.1) is 18.0 Å². The number of methoxy groups -OCH3 is 1. The summed E-state index contributed by atoms with van der Waals surface area (Å²) in [6.07, 6.45) is 0. The van der Waals surface area contributed by atoms with Crippen LogP contribution in [0.1, 0.15) is 0 Å². The van der Waals surface area contributed by atoms with Crippen LogP contribution in [0.25, 0.3) is 0 Å². The molecule has 1 rings (SSSR count). The van der Waals surface area contributed by atoms with E-state index in [2.05, 4.69) is 10.2 Å². The molecule has 0 aliphatic carbocycles. The van der Waals surface area contributed by atoms with E-state index >= 15 is 0 Å². The lowest BCUT2D eigenvalue weighted by Crippen LogP contribution is -2.28. The van der Waals surface area contributed by atoms with E-state index in [0.29, 0.717) is 24.5 Å². The fraction of sp³-hybridized carbons (Fsp3) is 0.500. The monoisotopic (exact) mass is 241 g/mol. The number of ether oxygens (including phenoxy) is 1. The van der Waals surface area contributed by atoms with Gasteiger partial charge in [0.25, 0.3) is 0 Å². The number of rotatable bonds is 7. The molecular formula is C12H20FN3O. The molecule has 4 nitrogen and oxygen atoms in total. The Balaban J connectivity index is 2.32. The van der Waals surface area contributed by atoms with Crippen molar-refractivity contribution in [3.8, 4) is 0 Å². The summed E-state index contributed by atoms with van der Waals surface area (Å²) in [4.78, 5) is 2.13. The molecule has 0 aliphatic rings. The van der Waals surface area contributed by atoms with Crippen LogP contribution in [0.4, 0.5) is 15.8 Å². The minimum absolute atomic E-state index is 0.283. The van der Waals surface area contributed by atoms with Gasteiger partial charge in [-0.05, 0) is 25.2 Å².